The highest BCUT2D eigenvalue weighted by molar-refractivity contribution is 7.21. The Hall–Kier alpha value is -6.42. The molecular weight excluding hydrogens is 633 g/mol. The quantitative estimate of drug-likeness (QED) is 0.156. The van der Waals surface area contributed by atoms with E-state index in [0.717, 1.165) is 22.7 Å². The minimum atomic E-state index is -2.85. The van der Waals surface area contributed by atoms with Gasteiger partial charge in [-0.1, -0.05) is 158 Å². The molecule has 1 heterocycles. The second-order valence-corrected chi connectivity index (χ2v) is 16.7. The summed E-state index contributed by atoms with van der Waals surface area (Å²) >= 11 is 0. The van der Waals surface area contributed by atoms with Gasteiger partial charge in [0.2, 0.25) is 0 Å². The fraction of sp³-hybridized carbons (Fsp3) is 0. The molecule has 8 aromatic carbocycles. The summed E-state index contributed by atoms with van der Waals surface area (Å²) in [5.74, 6) is 0. The molecule has 2 nitrogen and oxygen atoms in total. The third-order valence-corrected chi connectivity index (χ3v) is 14.9. The van der Waals surface area contributed by atoms with E-state index in [1.54, 1.807) is 0 Å². The lowest BCUT2D eigenvalue weighted by atomic mass is 10.0. The molecule has 0 spiro atoms. The van der Waals surface area contributed by atoms with Crippen molar-refractivity contribution in [1.82, 2.24) is 0 Å². The van der Waals surface area contributed by atoms with E-state index in [1.165, 1.54) is 43.2 Å². The molecule has 9 rings (SSSR count). The van der Waals surface area contributed by atoms with E-state index in [-0.39, 0.29) is 0 Å². The van der Waals surface area contributed by atoms with Gasteiger partial charge in [0.15, 0.2) is 8.07 Å². The molecule has 0 radical (unpaired) electrons. The fourth-order valence-electron chi connectivity index (χ4n) is 7.90. The minimum Gasteiger partial charge on any atom is -0.311 e. The van der Waals surface area contributed by atoms with Crippen LogP contribution in [0.15, 0.2) is 218 Å². The summed E-state index contributed by atoms with van der Waals surface area (Å²) in [6.45, 7) is 0. The van der Waals surface area contributed by atoms with Crippen LogP contribution in [0, 0.1) is 0 Å². The molecule has 0 unspecified atom stereocenters. The van der Waals surface area contributed by atoms with E-state index < -0.39 is 8.07 Å². The van der Waals surface area contributed by atoms with E-state index in [4.69, 9.17) is 0 Å². The number of fused-ring (bicyclic) bond motifs is 2. The molecule has 0 bridgehead atoms. The zero-order chi connectivity index (χ0) is 34.0. The number of para-hydroxylation sites is 3. The van der Waals surface area contributed by atoms with Crippen molar-refractivity contribution >= 4 is 62.9 Å². The summed E-state index contributed by atoms with van der Waals surface area (Å²) in [5.41, 5.74) is 9.38. The van der Waals surface area contributed by atoms with Crippen molar-refractivity contribution in [2.24, 2.45) is 0 Å². The minimum absolute atomic E-state index is 1.11. The van der Waals surface area contributed by atoms with Crippen molar-refractivity contribution in [2.75, 3.05) is 9.80 Å². The Morgan fingerprint density at radius 3 is 1.41 bits per heavy atom. The van der Waals surface area contributed by atoms with Gasteiger partial charge in [-0.05, 0) is 92.5 Å². The van der Waals surface area contributed by atoms with E-state index in [2.05, 4.69) is 228 Å². The van der Waals surface area contributed by atoms with Crippen LogP contribution in [0.4, 0.5) is 34.1 Å². The van der Waals surface area contributed by atoms with Crippen molar-refractivity contribution in [3.8, 4) is 11.1 Å². The van der Waals surface area contributed by atoms with Crippen molar-refractivity contribution in [2.45, 2.75) is 0 Å². The van der Waals surface area contributed by atoms with Gasteiger partial charge in [0.1, 0.15) is 0 Å². The first-order valence-electron chi connectivity index (χ1n) is 17.5. The van der Waals surface area contributed by atoms with E-state index >= 15 is 0 Å². The molecule has 0 saturated carbocycles. The molecule has 0 saturated heterocycles. The fourth-order valence-corrected chi connectivity index (χ4v) is 13.0. The maximum Gasteiger partial charge on any atom is 0.184 e. The normalized spacial score (nSPS) is 12.8. The zero-order valence-corrected chi connectivity index (χ0v) is 29.2. The standard InChI is InChI=1S/C48H36N2Si/c1-6-18-37(19-7-1)38-30-32-41(33-31-38)49(39-20-8-2-9-21-39)42-34-35-46-48(36-42)51(43-24-12-4-13-25-43,44-26-14-5-15-27-44)47-29-17-16-28-45(47)50(46)40-22-10-3-11-23-40/h1-36H. The monoisotopic (exact) mass is 668 g/mol. The predicted octanol–water partition coefficient (Wildman–Crippen LogP) is 9.98. The van der Waals surface area contributed by atoms with Gasteiger partial charge >= 0.3 is 0 Å². The van der Waals surface area contributed by atoms with Crippen LogP contribution in [0.3, 0.4) is 0 Å². The molecule has 8 aromatic rings. The van der Waals surface area contributed by atoms with Crippen molar-refractivity contribution in [3.63, 3.8) is 0 Å². The van der Waals surface area contributed by atoms with Crippen LogP contribution < -0.4 is 30.5 Å². The van der Waals surface area contributed by atoms with Crippen molar-refractivity contribution < 1.29 is 0 Å². The first kappa shape index (κ1) is 30.6. The summed E-state index contributed by atoms with van der Waals surface area (Å²) in [6, 6.07) is 79.8. The van der Waals surface area contributed by atoms with Crippen molar-refractivity contribution in [3.05, 3.63) is 218 Å². The summed E-state index contributed by atoms with van der Waals surface area (Å²) in [6.07, 6.45) is 0. The largest absolute Gasteiger partial charge is 0.311 e. The molecule has 0 fully saturated rings. The van der Waals surface area contributed by atoms with Gasteiger partial charge in [-0.3, -0.25) is 0 Å². The van der Waals surface area contributed by atoms with E-state index in [1.807, 2.05) is 0 Å². The molecule has 0 amide bonds. The number of rotatable bonds is 7. The molecule has 0 aromatic heterocycles. The van der Waals surface area contributed by atoms with Crippen LogP contribution in [0.5, 0.6) is 0 Å². The molecular formula is C48H36N2Si. The third kappa shape index (κ3) is 5.27. The average molecular weight is 669 g/mol. The number of nitrogens with zero attached hydrogens (tertiary/aromatic N) is 2. The molecule has 0 atom stereocenters. The van der Waals surface area contributed by atoms with E-state index in [0.29, 0.717) is 0 Å². The lowest BCUT2D eigenvalue weighted by molar-refractivity contribution is 1.26. The molecule has 242 valence electrons. The smallest absolute Gasteiger partial charge is 0.184 e. The summed E-state index contributed by atoms with van der Waals surface area (Å²) in [4.78, 5) is 4.87. The molecule has 0 N–H and O–H groups in total. The summed E-state index contributed by atoms with van der Waals surface area (Å²) in [5, 5.41) is 5.48. The Labute approximate surface area is 301 Å². The number of benzene rings is 8. The lowest BCUT2D eigenvalue weighted by Crippen LogP contribution is -2.77. The third-order valence-electron chi connectivity index (χ3n) is 10.1. The van der Waals surface area contributed by atoms with Crippen molar-refractivity contribution in [1.29, 1.82) is 0 Å². The SMILES string of the molecule is c1ccc(-c2ccc(N(c3ccccc3)c3ccc4c(c3)[Si](c3ccccc3)(c3ccccc3)c3ccccc3N4c3ccccc3)cc2)cc1. The van der Waals surface area contributed by atoms with Gasteiger partial charge in [-0.15, -0.1) is 0 Å². The van der Waals surface area contributed by atoms with Crippen LogP contribution in [-0.4, -0.2) is 8.07 Å². The topological polar surface area (TPSA) is 6.48 Å². The predicted molar refractivity (Wildman–Crippen MR) is 218 cm³/mol. The van der Waals surface area contributed by atoms with Gasteiger partial charge in [0.05, 0.1) is 0 Å². The molecule has 1 aliphatic heterocycles. The van der Waals surface area contributed by atoms with Gasteiger partial charge in [-0.2, -0.15) is 0 Å². The maximum atomic E-state index is 2.49. The summed E-state index contributed by atoms with van der Waals surface area (Å²) in [7, 11) is -2.85. The lowest BCUT2D eigenvalue weighted by Gasteiger charge is -2.45. The van der Waals surface area contributed by atoms with Crippen LogP contribution in [-0.2, 0) is 0 Å². The second-order valence-electron chi connectivity index (χ2n) is 13.0. The molecule has 0 aliphatic carbocycles. The Morgan fingerprint density at radius 2 is 0.784 bits per heavy atom. The Bertz CT molecular complexity index is 2360. The molecule has 3 heteroatoms. The first-order chi connectivity index (χ1) is 25.3. The van der Waals surface area contributed by atoms with Crippen LogP contribution in [0.2, 0.25) is 0 Å². The van der Waals surface area contributed by atoms with Gasteiger partial charge in [0.25, 0.3) is 0 Å². The van der Waals surface area contributed by atoms with Crippen LogP contribution in [0.25, 0.3) is 11.1 Å². The van der Waals surface area contributed by atoms with Gasteiger partial charge in [0, 0.05) is 34.1 Å². The average Bonchev–Trinajstić information content (AvgIpc) is 3.22. The second kappa shape index (κ2) is 13.1. The van der Waals surface area contributed by atoms with Gasteiger partial charge < -0.3 is 9.80 Å². The van der Waals surface area contributed by atoms with Crippen LogP contribution in [0.1, 0.15) is 0 Å². The zero-order valence-electron chi connectivity index (χ0n) is 28.2. The number of anilines is 6. The maximum absolute atomic E-state index is 2.85. The highest BCUT2D eigenvalue weighted by Gasteiger charge is 2.49. The number of hydrogen-bond acceptors (Lipinski definition) is 2. The van der Waals surface area contributed by atoms with Crippen LogP contribution >= 0.6 is 0 Å². The molecule has 1 aliphatic rings. The Kier molecular flexibility index (Phi) is 7.88. The Morgan fingerprint density at radius 1 is 0.333 bits per heavy atom. The van der Waals surface area contributed by atoms with Gasteiger partial charge in [-0.25, -0.2) is 0 Å². The highest BCUT2D eigenvalue weighted by atomic mass is 28.3. The number of hydrogen-bond donors (Lipinski definition) is 0. The summed E-state index contributed by atoms with van der Waals surface area (Å²) < 4.78 is 0. The Balaban J connectivity index is 1.33. The molecule has 51 heavy (non-hydrogen) atoms. The first-order valence-corrected chi connectivity index (χ1v) is 19.5. The van der Waals surface area contributed by atoms with E-state index in [9.17, 15) is 0 Å². The highest BCUT2D eigenvalue weighted by Crippen LogP contribution is 2.41.